The molecule has 0 unspecified atom stereocenters. The lowest BCUT2D eigenvalue weighted by Gasteiger charge is -2.30. The third-order valence-corrected chi connectivity index (χ3v) is 4.01. The molecule has 4 heteroatoms. The normalized spacial score (nSPS) is 23.4. The first kappa shape index (κ1) is 12.4. The lowest BCUT2D eigenvalue weighted by molar-refractivity contribution is 0.163. The second-order valence-electron chi connectivity index (χ2n) is 5.26. The number of pyridine rings is 1. The molecule has 0 amide bonds. The van der Waals surface area contributed by atoms with E-state index >= 15 is 0 Å². The van der Waals surface area contributed by atoms with Crippen molar-refractivity contribution in [3.05, 3.63) is 36.9 Å². The minimum atomic E-state index is 0.301. The summed E-state index contributed by atoms with van der Waals surface area (Å²) in [6.07, 6.45) is 12.1. The van der Waals surface area contributed by atoms with E-state index in [1.165, 1.54) is 12.8 Å². The van der Waals surface area contributed by atoms with Crippen molar-refractivity contribution in [1.82, 2.24) is 14.5 Å². The highest BCUT2D eigenvalue weighted by Gasteiger charge is 2.24. The summed E-state index contributed by atoms with van der Waals surface area (Å²) < 4.78 is 2.26. The molecule has 2 aromatic heterocycles. The Labute approximate surface area is 113 Å². The molecule has 1 fully saturated rings. The predicted octanol–water partition coefficient (Wildman–Crippen LogP) is 2.67. The van der Waals surface area contributed by atoms with E-state index in [1.54, 1.807) is 12.4 Å². The summed E-state index contributed by atoms with van der Waals surface area (Å²) in [5.74, 6) is 1.44. The lowest BCUT2D eigenvalue weighted by Crippen LogP contribution is -2.21. The summed E-state index contributed by atoms with van der Waals surface area (Å²) in [6, 6.07) is 4.44. The van der Waals surface area contributed by atoms with Gasteiger partial charge >= 0.3 is 0 Å². The fourth-order valence-electron chi connectivity index (χ4n) is 3.01. The van der Waals surface area contributed by atoms with Crippen LogP contribution in [-0.4, -0.2) is 26.2 Å². The number of aromatic nitrogens is 3. The van der Waals surface area contributed by atoms with Crippen molar-refractivity contribution in [1.29, 1.82) is 0 Å². The van der Waals surface area contributed by atoms with Crippen molar-refractivity contribution in [2.75, 3.05) is 6.61 Å². The van der Waals surface area contributed by atoms with E-state index in [4.69, 9.17) is 0 Å². The third-order valence-electron chi connectivity index (χ3n) is 4.01. The maximum atomic E-state index is 9.36. The van der Waals surface area contributed by atoms with Gasteiger partial charge in [0, 0.05) is 43.0 Å². The predicted molar refractivity (Wildman–Crippen MR) is 73.5 cm³/mol. The van der Waals surface area contributed by atoms with Crippen molar-refractivity contribution in [3.63, 3.8) is 0 Å². The first-order valence-corrected chi connectivity index (χ1v) is 6.92. The number of imidazole rings is 1. The van der Waals surface area contributed by atoms with Gasteiger partial charge in [0.2, 0.25) is 0 Å². The molecule has 2 heterocycles. The van der Waals surface area contributed by atoms with Gasteiger partial charge in [0.1, 0.15) is 5.82 Å². The molecule has 0 bridgehead atoms. The van der Waals surface area contributed by atoms with Crippen molar-refractivity contribution >= 4 is 0 Å². The van der Waals surface area contributed by atoms with E-state index in [9.17, 15) is 5.11 Å². The molecule has 19 heavy (non-hydrogen) atoms. The van der Waals surface area contributed by atoms with Crippen LogP contribution >= 0.6 is 0 Å². The average molecular weight is 257 g/mol. The van der Waals surface area contributed by atoms with Gasteiger partial charge in [0.05, 0.1) is 0 Å². The molecule has 2 atom stereocenters. The van der Waals surface area contributed by atoms with Gasteiger partial charge in [0.15, 0.2) is 0 Å². The Balaban J connectivity index is 1.88. The van der Waals surface area contributed by atoms with E-state index in [2.05, 4.69) is 20.7 Å². The van der Waals surface area contributed by atoms with Crippen LogP contribution in [-0.2, 0) is 0 Å². The van der Waals surface area contributed by atoms with Crippen LogP contribution in [0.1, 0.15) is 31.7 Å². The molecule has 0 aliphatic heterocycles. The number of aliphatic hydroxyl groups excluding tert-OH is 1. The zero-order chi connectivity index (χ0) is 13.1. The van der Waals surface area contributed by atoms with E-state index in [0.717, 1.165) is 24.2 Å². The van der Waals surface area contributed by atoms with E-state index in [1.807, 2.05) is 18.3 Å². The van der Waals surface area contributed by atoms with Gasteiger partial charge in [0.25, 0.3) is 0 Å². The highest BCUT2D eigenvalue weighted by atomic mass is 16.3. The highest BCUT2D eigenvalue weighted by Crippen LogP contribution is 2.34. The monoisotopic (exact) mass is 257 g/mol. The molecule has 1 aliphatic rings. The Kier molecular flexibility index (Phi) is 3.60. The molecule has 0 radical (unpaired) electrons. The number of rotatable bonds is 3. The lowest BCUT2D eigenvalue weighted by atomic mass is 9.86. The van der Waals surface area contributed by atoms with Crippen molar-refractivity contribution < 1.29 is 5.11 Å². The van der Waals surface area contributed by atoms with Gasteiger partial charge < -0.3 is 9.67 Å². The molecule has 0 spiro atoms. The van der Waals surface area contributed by atoms with Crippen LogP contribution in [0.2, 0.25) is 0 Å². The fourth-order valence-corrected chi connectivity index (χ4v) is 3.01. The molecule has 0 aromatic carbocycles. The zero-order valence-electron chi connectivity index (χ0n) is 10.9. The first-order chi connectivity index (χ1) is 9.38. The summed E-state index contributed by atoms with van der Waals surface area (Å²) in [5, 5.41) is 9.36. The Morgan fingerprint density at radius 2 is 2.05 bits per heavy atom. The molecule has 3 rings (SSSR count). The SMILES string of the molecule is OC[C@H]1CCC[C@@H](n2ccnc2-c2ccncc2)C1. The molecule has 1 saturated carbocycles. The van der Waals surface area contributed by atoms with Gasteiger partial charge in [-0.1, -0.05) is 6.42 Å². The summed E-state index contributed by atoms with van der Waals surface area (Å²) in [6.45, 7) is 0.301. The van der Waals surface area contributed by atoms with Crippen molar-refractivity contribution in [2.24, 2.45) is 5.92 Å². The largest absolute Gasteiger partial charge is 0.396 e. The van der Waals surface area contributed by atoms with Gasteiger partial charge in [-0.15, -0.1) is 0 Å². The van der Waals surface area contributed by atoms with Crippen molar-refractivity contribution in [3.8, 4) is 11.4 Å². The molecule has 4 nitrogen and oxygen atoms in total. The molecular weight excluding hydrogens is 238 g/mol. The molecule has 100 valence electrons. The van der Waals surface area contributed by atoms with Crippen molar-refractivity contribution in [2.45, 2.75) is 31.7 Å². The maximum Gasteiger partial charge on any atom is 0.140 e. The van der Waals surface area contributed by atoms with Crippen LogP contribution < -0.4 is 0 Å². The number of hydrogen-bond acceptors (Lipinski definition) is 3. The topological polar surface area (TPSA) is 50.9 Å². The summed E-state index contributed by atoms with van der Waals surface area (Å²) in [7, 11) is 0. The Morgan fingerprint density at radius 3 is 2.84 bits per heavy atom. The number of aliphatic hydroxyl groups is 1. The minimum absolute atomic E-state index is 0.301. The summed E-state index contributed by atoms with van der Waals surface area (Å²) in [5.41, 5.74) is 1.10. The molecule has 1 aliphatic carbocycles. The Hall–Kier alpha value is -1.68. The highest BCUT2D eigenvalue weighted by molar-refractivity contribution is 5.54. The standard InChI is InChI=1S/C15H19N3O/c19-11-12-2-1-3-14(10-12)18-9-8-17-15(18)13-4-6-16-7-5-13/h4-9,12,14,19H,1-3,10-11H2/t12-,14+/m0/s1. The zero-order valence-corrected chi connectivity index (χ0v) is 10.9. The smallest absolute Gasteiger partial charge is 0.140 e. The summed E-state index contributed by atoms with van der Waals surface area (Å²) in [4.78, 5) is 8.54. The fraction of sp³-hybridized carbons (Fsp3) is 0.467. The maximum absolute atomic E-state index is 9.36. The quantitative estimate of drug-likeness (QED) is 0.919. The van der Waals surface area contributed by atoms with Gasteiger partial charge in [-0.3, -0.25) is 4.98 Å². The molecular formula is C15H19N3O. The molecule has 0 saturated heterocycles. The van der Waals surface area contributed by atoms with E-state index < -0.39 is 0 Å². The van der Waals surface area contributed by atoms with Crippen LogP contribution in [0.25, 0.3) is 11.4 Å². The first-order valence-electron chi connectivity index (χ1n) is 6.92. The minimum Gasteiger partial charge on any atom is -0.396 e. The van der Waals surface area contributed by atoms with E-state index in [-0.39, 0.29) is 0 Å². The number of hydrogen-bond donors (Lipinski definition) is 1. The van der Waals surface area contributed by atoms with Crippen LogP contribution in [0, 0.1) is 5.92 Å². The van der Waals surface area contributed by atoms with Gasteiger partial charge in [-0.2, -0.15) is 0 Å². The van der Waals surface area contributed by atoms with Crippen LogP contribution in [0.15, 0.2) is 36.9 Å². The molecule has 2 aromatic rings. The van der Waals surface area contributed by atoms with Crippen LogP contribution in [0.3, 0.4) is 0 Å². The Morgan fingerprint density at radius 1 is 1.21 bits per heavy atom. The van der Waals surface area contributed by atoms with E-state index in [0.29, 0.717) is 18.6 Å². The number of nitrogens with zero attached hydrogens (tertiary/aromatic N) is 3. The third kappa shape index (κ3) is 2.54. The van der Waals surface area contributed by atoms with Gasteiger partial charge in [-0.25, -0.2) is 4.98 Å². The average Bonchev–Trinajstić information content (AvgIpc) is 2.98. The van der Waals surface area contributed by atoms with Crippen LogP contribution in [0.5, 0.6) is 0 Å². The second-order valence-corrected chi connectivity index (χ2v) is 5.26. The van der Waals surface area contributed by atoms with Gasteiger partial charge in [-0.05, 0) is 37.3 Å². The van der Waals surface area contributed by atoms with Crippen LogP contribution in [0.4, 0.5) is 0 Å². The summed E-state index contributed by atoms with van der Waals surface area (Å²) >= 11 is 0. The Bertz CT molecular complexity index is 523. The molecule has 1 N–H and O–H groups in total. The second kappa shape index (κ2) is 5.53.